The molecule has 0 radical (unpaired) electrons. The van der Waals surface area contributed by atoms with Crippen LogP contribution < -0.4 is 10.5 Å². The van der Waals surface area contributed by atoms with Crippen molar-refractivity contribution in [2.24, 2.45) is 0 Å². The quantitative estimate of drug-likeness (QED) is 0.342. The second-order valence-electron chi connectivity index (χ2n) is 6.83. The fourth-order valence-corrected chi connectivity index (χ4v) is 4.86. The lowest BCUT2D eigenvalue weighted by Gasteiger charge is -2.14. The first kappa shape index (κ1) is 20.3. The maximum absolute atomic E-state index is 13.3. The summed E-state index contributed by atoms with van der Waals surface area (Å²) in [6.45, 7) is 3.49. The number of benzene rings is 2. The minimum Gasteiger partial charge on any atom is -0.292 e. The van der Waals surface area contributed by atoms with Gasteiger partial charge in [-0.3, -0.25) is 19.1 Å². The molecule has 2 aromatic heterocycles. The van der Waals surface area contributed by atoms with Gasteiger partial charge in [-0.15, -0.1) is 11.3 Å². The molecule has 0 saturated heterocycles. The number of para-hydroxylation sites is 2. The molecular weight excluding hydrogens is 416 g/mol. The molecule has 0 saturated carbocycles. The molecule has 4 aromatic rings. The van der Waals surface area contributed by atoms with Gasteiger partial charge >= 0.3 is 0 Å². The van der Waals surface area contributed by atoms with E-state index in [0.717, 1.165) is 16.9 Å². The fourth-order valence-electron chi connectivity index (χ4n) is 3.03. The van der Waals surface area contributed by atoms with Crippen LogP contribution in [0.2, 0.25) is 0 Å². The van der Waals surface area contributed by atoms with Crippen molar-refractivity contribution in [3.63, 3.8) is 0 Å². The van der Waals surface area contributed by atoms with Gasteiger partial charge in [-0.25, -0.2) is 9.97 Å². The van der Waals surface area contributed by atoms with Crippen molar-refractivity contribution in [2.75, 3.05) is 11.9 Å². The molecule has 0 aliphatic heterocycles. The molecular formula is C22H20N4O2S2. The Hall–Kier alpha value is -2.97. The van der Waals surface area contributed by atoms with Gasteiger partial charge < -0.3 is 0 Å². The molecule has 0 atom stereocenters. The monoisotopic (exact) mass is 436 g/mol. The molecule has 0 aliphatic rings. The lowest BCUT2D eigenvalue weighted by atomic mass is 10.2. The zero-order valence-corrected chi connectivity index (χ0v) is 18.5. The summed E-state index contributed by atoms with van der Waals surface area (Å²) in [7, 11) is 1.71. The molecule has 4 rings (SSSR count). The van der Waals surface area contributed by atoms with Crippen LogP contribution in [0.3, 0.4) is 0 Å². The third-order valence-electron chi connectivity index (χ3n) is 4.75. The van der Waals surface area contributed by atoms with Crippen LogP contribution in [0.5, 0.6) is 0 Å². The highest BCUT2D eigenvalue weighted by atomic mass is 32.2. The normalized spacial score (nSPS) is 11.0. The lowest BCUT2D eigenvalue weighted by Crippen LogP contribution is -2.22. The number of carbonyl (C=O) groups excluding carboxylic acids is 1. The Balaban J connectivity index is 1.75. The highest BCUT2D eigenvalue weighted by Crippen LogP contribution is 2.28. The molecule has 2 aromatic carbocycles. The number of hydrogen-bond acceptors (Lipinski definition) is 6. The van der Waals surface area contributed by atoms with E-state index in [1.54, 1.807) is 17.7 Å². The molecule has 8 heteroatoms. The molecule has 152 valence electrons. The number of nitrogens with zero attached hydrogens (tertiary/aromatic N) is 4. The van der Waals surface area contributed by atoms with E-state index < -0.39 is 0 Å². The SMILES string of the molecule is CC(=O)N(C)c1nc(CSc2nc3ccccc3c(=O)n2-c2ccccc2C)cs1. The zero-order valence-electron chi connectivity index (χ0n) is 16.8. The van der Waals surface area contributed by atoms with Gasteiger partial charge in [-0.05, 0) is 30.7 Å². The Kier molecular flexibility index (Phi) is 5.69. The van der Waals surface area contributed by atoms with Gasteiger partial charge in [0.05, 0.1) is 22.3 Å². The van der Waals surface area contributed by atoms with Gasteiger partial charge in [0.1, 0.15) is 0 Å². The number of aryl methyl sites for hydroxylation is 1. The van der Waals surface area contributed by atoms with Crippen LogP contribution in [-0.2, 0) is 10.5 Å². The van der Waals surface area contributed by atoms with Crippen LogP contribution in [-0.4, -0.2) is 27.5 Å². The van der Waals surface area contributed by atoms with Crippen LogP contribution in [0.1, 0.15) is 18.2 Å². The number of anilines is 1. The zero-order chi connectivity index (χ0) is 21.3. The summed E-state index contributed by atoms with van der Waals surface area (Å²) in [5.41, 5.74) is 3.24. The standard InChI is InChI=1S/C22H20N4O2S2/c1-14-8-4-7-11-19(14)26-20(28)17-9-5-6-10-18(17)24-22(26)30-13-16-12-29-21(23-16)25(3)15(2)27/h4-12H,13H2,1-3H3. The first-order valence-corrected chi connectivity index (χ1v) is 11.2. The molecule has 0 spiro atoms. The number of fused-ring (bicyclic) bond motifs is 1. The average molecular weight is 437 g/mol. The number of carbonyl (C=O) groups is 1. The average Bonchev–Trinajstić information content (AvgIpc) is 3.21. The third kappa shape index (κ3) is 3.88. The van der Waals surface area contributed by atoms with Gasteiger partial charge in [0.2, 0.25) is 5.91 Å². The Morgan fingerprint density at radius 2 is 1.87 bits per heavy atom. The molecule has 2 heterocycles. The van der Waals surface area contributed by atoms with Crippen molar-refractivity contribution in [2.45, 2.75) is 24.8 Å². The first-order chi connectivity index (χ1) is 14.5. The Bertz CT molecular complexity index is 1300. The van der Waals surface area contributed by atoms with Crippen LogP contribution >= 0.6 is 23.1 Å². The summed E-state index contributed by atoms with van der Waals surface area (Å²) in [5, 5.41) is 3.78. The summed E-state index contributed by atoms with van der Waals surface area (Å²) >= 11 is 2.88. The summed E-state index contributed by atoms with van der Waals surface area (Å²) in [6, 6.07) is 15.2. The molecule has 0 unspecified atom stereocenters. The maximum atomic E-state index is 13.3. The van der Waals surface area contributed by atoms with Crippen molar-refractivity contribution in [1.29, 1.82) is 0 Å². The Morgan fingerprint density at radius 1 is 1.13 bits per heavy atom. The second kappa shape index (κ2) is 8.41. The second-order valence-corrected chi connectivity index (χ2v) is 8.61. The van der Waals surface area contributed by atoms with E-state index >= 15 is 0 Å². The number of hydrogen-bond donors (Lipinski definition) is 0. The number of amides is 1. The smallest absolute Gasteiger partial charge is 0.266 e. The highest BCUT2D eigenvalue weighted by molar-refractivity contribution is 7.98. The van der Waals surface area contributed by atoms with E-state index in [4.69, 9.17) is 4.98 Å². The number of rotatable bonds is 5. The summed E-state index contributed by atoms with van der Waals surface area (Å²) < 4.78 is 1.68. The lowest BCUT2D eigenvalue weighted by molar-refractivity contribution is -0.116. The Morgan fingerprint density at radius 3 is 2.63 bits per heavy atom. The van der Waals surface area contributed by atoms with Gasteiger partial charge in [-0.1, -0.05) is 42.1 Å². The van der Waals surface area contributed by atoms with E-state index in [1.807, 2.05) is 54.8 Å². The Labute approximate surface area is 182 Å². The molecule has 0 bridgehead atoms. The number of thioether (sulfide) groups is 1. The molecule has 0 aliphatic carbocycles. The van der Waals surface area contributed by atoms with Crippen LogP contribution in [0.25, 0.3) is 16.6 Å². The van der Waals surface area contributed by atoms with Gasteiger partial charge in [0.15, 0.2) is 10.3 Å². The van der Waals surface area contributed by atoms with Crippen LogP contribution in [0.15, 0.2) is 63.9 Å². The third-order valence-corrected chi connectivity index (χ3v) is 6.69. The van der Waals surface area contributed by atoms with Crippen molar-refractivity contribution in [3.8, 4) is 5.69 Å². The molecule has 0 N–H and O–H groups in total. The minimum atomic E-state index is -0.0901. The molecule has 30 heavy (non-hydrogen) atoms. The van der Waals surface area contributed by atoms with E-state index in [9.17, 15) is 9.59 Å². The summed E-state index contributed by atoms with van der Waals surface area (Å²) in [6.07, 6.45) is 0. The molecule has 6 nitrogen and oxygen atoms in total. The van der Waals surface area contributed by atoms with Gasteiger partial charge in [0, 0.05) is 25.1 Å². The predicted octanol–water partition coefficient (Wildman–Crippen LogP) is 4.43. The van der Waals surface area contributed by atoms with Crippen molar-refractivity contribution in [1.82, 2.24) is 14.5 Å². The highest BCUT2D eigenvalue weighted by Gasteiger charge is 2.16. The van der Waals surface area contributed by atoms with E-state index in [1.165, 1.54) is 34.9 Å². The van der Waals surface area contributed by atoms with Gasteiger partial charge in [0.25, 0.3) is 5.56 Å². The van der Waals surface area contributed by atoms with Crippen molar-refractivity contribution >= 4 is 45.0 Å². The fraction of sp³-hybridized carbons (Fsp3) is 0.182. The largest absolute Gasteiger partial charge is 0.292 e. The summed E-state index contributed by atoms with van der Waals surface area (Å²) in [5.74, 6) is 0.479. The van der Waals surface area contributed by atoms with E-state index in [-0.39, 0.29) is 11.5 Å². The van der Waals surface area contributed by atoms with E-state index in [0.29, 0.717) is 26.9 Å². The van der Waals surface area contributed by atoms with Gasteiger partial charge in [-0.2, -0.15) is 0 Å². The molecule has 0 fully saturated rings. The van der Waals surface area contributed by atoms with Crippen LogP contribution in [0, 0.1) is 6.92 Å². The van der Waals surface area contributed by atoms with Crippen LogP contribution in [0.4, 0.5) is 5.13 Å². The molecule has 1 amide bonds. The van der Waals surface area contributed by atoms with Crippen molar-refractivity contribution < 1.29 is 4.79 Å². The maximum Gasteiger partial charge on any atom is 0.266 e. The van der Waals surface area contributed by atoms with E-state index in [2.05, 4.69) is 4.98 Å². The van der Waals surface area contributed by atoms with Crippen molar-refractivity contribution in [3.05, 3.63) is 75.5 Å². The first-order valence-electron chi connectivity index (χ1n) is 9.35. The number of thiazole rings is 1. The number of aromatic nitrogens is 3. The minimum absolute atomic E-state index is 0.0619. The topological polar surface area (TPSA) is 68.1 Å². The predicted molar refractivity (Wildman–Crippen MR) is 123 cm³/mol. The summed E-state index contributed by atoms with van der Waals surface area (Å²) in [4.78, 5) is 35.7.